The van der Waals surface area contributed by atoms with Crippen LogP contribution in [0, 0.1) is 0 Å². The van der Waals surface area contributed by atoms with E-state index in [0.29, 0.717) is 10.6 Å². The maximum absolute atomic E-state index is 9.71. The zero-order chi connectivity index (χ0) is 10.8. The Kier molecular flexibility index (Phi) is 2.64. The summed E-state index contributed by atoms with van der Waals surface area (Å²) < 4.78 is 1.95. The molecule has 0 fully saturated rings. The van der Waals surface area contributed by atoms with Crippen molar-refractivity contribution in [1.82, 2.24) is 9.55 Å². The molecular formula is C11H11ClN2O. The second-order valence-electron chi connectivity index (χ2n) is 3.20. The van der Waals surface area contributed by atoms with E-state index in [4.69, 9.17) is 11.6 Å². The van der Waals surface area contributed by atoms with Gasteiger partial charge in [0, 0.05) is 24.0 Å². The van der Waals surface area contributed by atoms with Crippen LogP contribution in [0.4, 0.5) is 0 Å². The first kappa shape index (κ1) is 10.1. The van der Waals surface area contributed by atoms with Crippen molar-refractivity contribution < 1.29 is 5.11 Å². The molecule has 0 amide bonds. The number of imidazole rings is 1. The molecule has 2 aromatic rings. The third-order valence-electron chi connectivity index (χ3n) is 2.26. The Labute approximate surface area is 93.0 Å². The molecule has 2 rings (SSSR count). The molecule has 1 N–H and O–H groups in total. The normalized spacial score (nSPS) is 10.5. The summed E-state index contributed by atoms with van der Waals surface area (Å²) in [5, 5.41) is 10.3. The number of benzene rings is 1. The van der Waals surface area contributed by atoms with Gasteiger partial charge in [0.2, 0.25) is 0 Å². The van der Waals surface area contributed by atoms with Crippen LogP contribution in [0.15, 0.2) is 30.6 Å². The van der Waals surface area contributed by atoms with Gasteiger partial charge in [-0.1, -0.05) is 11.6 Å². The first-order valence-corrected chi connectivity index (χ1v) is 5.10. The van der Waals surface area contributed by atoms with Crippen LogP contribution in [0.25, 0.3) is 11.4 Å². The fraction of sp³-hybridized carbons (Fsp3) is 0.182. The number of hydrogen-bond acceptors (Lipinski definition) is 2. The Balaban J connectivity index is 2.58. The van der Waals surface area contributed by atoms with Crippen LogP contribution in [-0.2, 0) is 6.54 Å². The Morgan fingerprint density at radius 3 is 3.00 bits per heavy atom. The highest BCUT2D eigenvalue weighted by Crippen LogP contribution is 2.30. The van der Waals surface area contributed by atoms with Gasteiger partial charge in [-0.15, -0.1) is 0 Å². The lowest BCUT2D eigenvalue weighted by Crippen LogP contribution is -1.96. The maximum Gasteiger partial charge on any atom is 0.143 e. The average Bonchev–Trinajstić information content (AvgIpc) is 2.69. The van der Waals surface area contributed by atoms with Gasteiger partial charge < -0.3 is 9.67 Å². The van der Waals surface area contributed by atoms with Gasteiger partial charge in [0.1, 0.15) is 11.6 Å². The maximum atomic E-state index is 9.71. The van der Waals surface area contributed by atoms with E-state index in [-0.39, 0.29) is 5.75 Å². The molecule has 0 saturated carbocycles. The van der Waals surface area contributed by atoms with Crippen molar-refractivity contribution in [1.29, 1.82) is 0 Å². The third-order valence-corrected chi connectivity index (χ3v) is 2.49. The van der Waals surface area contributed by atoms with Gasteiger partial charge in [-0.25, -0.2) is 4.98 Å². The Morgan fingerprint density at radius 1 is 1.47 bits per heavy atom. The minimum Gasteiger partial charge on any atom is -0.507 e. The lowest BCUT2D eigenvalue weighted by molar-refractivity contribution is 0.476. The summed E-state index contributed by atoms with van der Waals surface area (Å²) in [6, 6.07) is 4.94. The highest BCUT2D eigenvalue weighted by atomic mass is 35.5. The molecule has 4 heteroatoms. The van der Waals surface area contributed by atoms with Gasteiger partial charge in [-0.3, -0.25) is 0 Å². The summed E-state index contributed by atoms with van der Waals surface area (Å²) in [5.74, 6) is 0.929. The number of aromatic nitrogens is 2. The van der Waals surface area contributed by atoms with Crippen LogP contribution < -0.4 is 0 Å². The molecule has 0 saturated heterocycles. The Hall–Kier alpha value is -1.48. The summed E-state index contributed by atoms with van der Waals surface area (Å²) >= 11 is 5.88. The second kappa shape index (κ2) is 3.95. The molecule has 0 aliphatic heterocycles. The van der Waals surface area contributed by atoms with E-state index in [2.05, 4.69) is 4.98 Å². The first-order chi connectivity index (χ1) is 7.22. The number of nitrogens with zero attached hydrogens (tertiary/aromatic N) is 2. The van der Waals surface area contributed by atoms with Crippen LogP contribution >= 0.6 is 11.6 Å². The number of phenols is 1. The molecule has 0 aliphatic rings. The molecular weight excluding hydrogens is 212 g/mol. The van der Waals surface area contributed by atoms with Crippen molar-refractivity contribution >= 4 is 11.6 Å². The molecule has 0 radical (unpaired) electrons. The Bertz CT molecular complexity index is 479. The van der Waals surface area contributed by atoms with Crippen LogP contribution in [0.2, 0.25) is 5.02 Å². The van der Waals surface area contributed by atoms with Gasteiger partial charge in [0.25, 0.3) is 0 Å². The minimum atomic E-state index is 0.195. The van der Waals surface area contributed by atoms with Gasteiger partial charge in [0.05, 0.1) is 5.56 Å². The predicted octanol–water partition coefficient (Wildman–Crippen LogP) is 2.93. The quantitative estimate of drug-likeness (QED) is 0.849. The average molecular weight is 223 g/mol. The molecule has 0 unspecified atom stereocenters. The molecule has 3 nitrogen and oxygen atoms in total. The monoisotopic (exact) mass is 222 g/mol. The zero-order valence-corrected chi connectivity index (χ0v) is 9.07. The highest BCUT2D eigenvalue weighted by molar-refractivity contribution is 6.30. The molecule has 1 aromatic heterocycles. The lowest BCUT2D eigenvalue weighted by Gasteiger charge is -2.06. The number of rotatable bonds is 2. The van der Waals surface area contributed by atoms with E-state index in [1.54, 1.807) is 24.4 Å². The molecule has 15 heavy (non-hydrogen) atoms. The molecule has 0 spiro atoms. The summed E-state index contributed by atoms with van der Waals surface area (Å²) in [6.45, 7) is 2.83. The van der Waals surface area contributed by atoms with Crippen LogP contribution in [0.5, 0.6) is 5.75 Å². The van der Waals surface area contributed by atoms with Gasteiger partial charge in [0.15, 0.2) is 0 Å². The molecule has 0 bridgehead atoms. The predicted molar refractivity (Wildman–Crippen MR) is 60.0 cm³/mol. The van der Waals surface area contributed by atoms with E-state index in [1.165, 1.54) is 0 Å². The van der Waals surface area contributed by atoms with E-state index >= 15 is 0 Å². The van der Waals surface area contributed by atoms with Crippen molar-refractivity contribution in [3.8, 4) is 17.1 Å². The van der Waals surface area contributed by atoms with E-state index in [0.717, 1.165) is 12.4 Å². The molecule has 0 aliphatic carbocycles. The largest absolute Gasteiger partial charge is 0.507 e. The van der Waals surface area contributed by atoms with Crippen LogP contribution in [0.3, 0.4) is 0 Å². The van der Waals surface area contributed by atoms with Crippen LogP contribution in [0.1, 0.15) is 6.92 Å². The number of hydrogen-bond donors (Lipinski definition) is 1. The highest BCUT2D eigenvalue weighted by Gasteiger charge is 2.09. The van der Waals surface area contributed by atoms with E-state index in [1.807, 2.05) is 17.7 Å². The first-order valence-electron chi connectivity index (χ1n) is 4.72. The van der Waals surface area contributed by atoms with Gasteiger partial charge >= 0.3 is 0 Å². The topological polar surface area (TPSA) is 38.0 Å². The molecule has 78 valence electrons. The molecule has 1 heterocycles. The molecule has 1 aromatic carbocycles. The number of phenolic OH excluding ortho intramolecular Hbond substituents is 1. The standard InChI is InChI=1S/C11H11ClN2O/c1-2-14-6-5-13-11(14)9-7-8(12)3-4-10(9)15/h3-7,15H,2H2,1H3. The summed E-state index contributed by atoms with van der Waals surface area (Å²) in [6.07, 6.45) is 3.58. The van der Waals surface area contributed by atoms with Crippen LogP contribution in [-0.4, -0.2) is 14.7 Å². The van der Waals surface area contributed by atoms with Crippen molar-refractivity contribution in [2.45, 2.75) is 13.5 Å². The SMILES string of the molecule is CCn1ccnc1-c1cc(Cl)ccc1O. The third kappa shape index (κ3) is 1.83. The number of halogens is 1. The second-order valence-corrected chi connectivity index (χ2v) is 3.63. The fourth-order valence-corrected chi connectivity index (χ4v) is 1.67. The Morgan fingerprint density at radius 2 is 2.27 bits per heavy atom. The van der Waals surface area contributed by atoms with Crippen molar-refractivity contribution in [3.63, 3.8) is 0 Å². The van der Waals surface area contributed by atoms with E-state index in [9.17, 15) is 5.11 Å². The smallest absolute Gasteiger partial charge is 0.143 e. The number of aryl methyl sites for hydroxylation is 1. The fourth-order valence-electron chi connectivity index (χ4n) is 1.50. The van der Waals surface area contributed by atoms with E-state index < -0.39 is 0 Å². The van der Waals surface area contributed by atoms with Gasteiger partial charge in [-0.05, 0) is 25.1 Å². The van der Waals surface area contributed by atoms with Crippen molar-refractivity contribution in [3.05, 3.63) is 35.6 Å². The summed E-state index contributed by atoms with van der Waals surface area (Å²) in [5.41, 5.74) is 0.661. The van der Waals surface area contributed by atoms with Gasteiger partial charge in [-0.2, -0.15) is 0 Å². The lowest BCUT2D eigenvalue weighted by atomic mass is 10.2. The number of aromatic hydroxyl groups is 1. The minimum absolute atomic E-state index is 0.195. The van der Waals surface area contributed by atoms with Crippen molar-refractivity contribution in [2.75, 3.05) is 0 Å². The summed E-state index contributed by atoms with van der Waals surface area (Å²) in [7, 11) is 0. The molecule has 0 atom stereocenters. The zero-order valence-electron chi connectivity index (χ0n) is 8.31. The summed E-state index contributed by atoms with van der Waals surface area (Å²) in [4.78, 5) is 4.20. The van der Waals surface area contributed by atoms with Crippen molar-refractivity contribution in [2.24, 2.45) is 0 Å².